The van der Waals surface area contributed by atoms with Gasteiger partial charge in [-0.05, 0) is 26.0 Å². The minimum absolute atomic E-state index is 0.0153. The van der Waals surface area contributed by atoms with E-state index < -0.39 is 16.4 Å². The van der Waals surface area contributed by atoms with Crippen molar-refractivity contribution in [1.82, 2.24) is 0 Å². The van der Waals surface area contributed by atoms with Gasteiger partial charge in [0.1, 0.15) is 5.75 Å². The summed E-state index contributed by atoms with van der Waals surface area (Å²) in [6, 6.07) is 2.80. The van der Waals surface area contributed by atoms with E-state index in [0.717, 1.165) is 0 Å². The van der Waals surface area contributed by atoms with Crippen molar-refractivity contribution in [2.24, 2.45) is 0 Å². The van der Waals surface area contributed by atoms with E-state index in [2.05, 4.69) is 0 Å². The first kappa shape index (κ1) is 12.4. The van der Waals surface area contributed by atoms with Crippen LogP contribution in [0.15, 0.2) is 12.1 Å². The van der Waals surface area contributed by atoms with Gasteiger partial charge in [-0.2, -0.15) is 0 Å². The molecule has 0 unspecified atom stereocenters. The summed E-state index contributed by atoms with van der Waals surface area (Å²) in [6.45, 7) is 3.33. The van der Waals surface area contributed by atoms with Crippen LogP contribution in [0.1, 0.15) is 24.2 Å². The monoisotopic (exact) mass is 243 g/mol. The first-order valence-corrected chi connectivity index (χ1v) is 4.97. The van der Waals surface area contributed by atoms with E-state index in [-0.39, 0.29) is 16.3 Å². The highest BCUT2D eigenvalue weighted by Gasteiger charge is 2.24. The summed E-state index contributed by atoms with van der Waals surface area (Å²) in [5.41, 5.74) is -0.418. The standard InChI is InChI=1S/C10H10ClNO4/c1-3-16-8-5-4-7(6(2)13)10(9(8)11)12(14)15/h4-5H,3H2,1-2H3. The molecule has 0 heterocycles. The largest absolute Gasteiger partial charge is 0.492 e. The van der Waals surface area contributed by atoms with Crippen molar-refractivity contribution in [3.8, 4) is 5.75 Å². The first-order chi connectivity index (χ1) is 7.49. The topological polar surface area (TPSA) is 69.4 Å². The number of carbonyl (C=O) groups is 1. The summed E-state index contributed by atoms with van der Waals surface area (Å²) in [5.74, 6) is -0.197. The van der Waals surface area contributed by atoms with Crippen molar-refractivity contribution < 1.29 is 14.5 Å². The van der Waals surface area contributed by atoms with Crippen LogP contribution in [0, 0.1) is 10.1 Å². The molecular weight excluding hydrogens is 234 g/mol. The number of Topliss-reactive ketones (excluding diaryl/α,β-unsaturated/α-hetero) is 1. The van der Waals surface area contributed by atoms with Crippen molar-refractivity contribution >= 4 is 23.1 Å². The van der Waals surface area contributed by atoms with Crippen molar-refractivity contribution in [1.29, 1.82) is 0 Å². The molecule has 1 rings (SSSR count). The molecule has 0 N–H and O–H groups in total. The number of nitro benzene ring substituents is 1. The van der Waals surface area contributed by atoms with Gasteiger partial charge in [0.25, 0.3) is 0 Å². The Bertz CT molecular complexity index is 445. The Balaban J connectivity index is 3.41. The minimum Gasteiger partial charge on any atom is -0.492 e. The van der Waals surface area contributed by atoms with Crippen LogP contribution in [0.4, 0.5) is 5.69 Å². The quantitative estimate of drug-likeness (QED) is 0.463. The van der Waals surface area contributed by atoms with Crippen molar-refractivity contribution in [2.75, 3.05) is 6.61 Å². The van der Waals surface area contributed by atoms with Crippen molar-refractivity contribution in [3.05, 3.63) is 32.8 Å². The van der Waals surface area contributed by atoms with Crippen LogP contribution >= 0.6 is 11.6 Å². The lowest BCUT2D eigenvalue weighted by molar-refractivity contribution is -0.385. The third-order valence-electron chi connectivity index (χ3n) is 1.94. The summed E-state index contributed by atoms with van der Waals surface area (Å²) in [5, 5.41) is 10.7. The third kappa shape index (κ3) is 2.30. The highest BCUT2D eigenvalue weighted by molar-refractivity contribution is 6.35. The predicted octanol–water partition coefficient (Wildman–Crippen LogP) is 2.85. The molecular formula is C10H10ClNO4. The molecule has 0 aliphatic carbocycles. The maximum atomic E-state index is 11.2. The zero-order valence-corrected chi connectivity index (χ0v) is 9.58. The Kier molecular flexibility index (Phi) is 3.84. The van der Waals surface area contributed by atoms with E-state index in [1.165, 1.54) is 19.1 Å². The molecule has 86 valence electrons. The number of nitrogens with zero attached hydrogens (tertiary/aromatic N) is 1. The molecule has 0 atom stereocenters. The van der Waals surface area contributed by atoms with E-state index in [1.54, 1.807) is 6.92 Å². The summed E-state index contributed by atoms with van der Waals surface area (Å²) >= 11 is 5.81. The van der Waals surface area contributed by atoms with Gasteiger partial charge in [0.05, 0.1) is 17.1 Å². The number of ether oxygens (including phenoxy) is 1. The molecule has 0 saturated heterocycles. The molecule has 5 nitrogen and oxygen atoms in total. The molecule has 16 heavy (non-hydrogen) atoms. The lowest BCUT2D eigenvalue weighted by Crippen LogP contribution is -2.03. The Morgan fingerprint density at radius 1 is 1.56 bits per heavy atom. The van der Waals surface area contributed by atoms with E-state index in [9.17, 15) is 14.9 Å². The van der Waals surface area contributed by atoms with Crippen LogP contribution in [-0.4, -0.2) is 17.3 Å². The zero-order valence-electron chi connectivity index (χ0n) is 8.82. The SMILES string of the molecule is CCOc1ccc(C(C)=O)c([N+](=O)[O-])c1Cl. The zero-order chi connectivity index (χ0) is 12.3. The Morgan fingerprint density at radius 2 is 2.19 bits per heavy atom. The number of rotatable bonds is 4. The second-order valence-electron chi connectivity index (χ2n) is 3.02. The van der Waals surface area contributed by atoms with Crippen molar-refractivity contribution in [2.45, 2.75) is 13.8 Å². The molecule has 6 heteroatoms. The summed E-state index contributed by atoms with van der Waals surface area (Å²) in [6.07, 6.45) is 0. The third-order valence-corrected chi connectivity index (χ3v) is 2.31. The molecule has 0 spiro atoms. The maximum absolute atomic E-state index is 11.2. The molecule has 0 saturated carbocycles. The Hall–Kier alpha value is -1.62. The van der Waals surface area contributed by atoms with Gasteiger partial charge in [-0.3, -0.25) is 14.9 Å². The van der Waals surface area contributed by atoms with E-state index in [1.807, 2.05) is 0 Å². The van der Waals surface area contributed by atoms with Gasteiger partial charge in [0, 0.05) is 0 Å². The van der Waals surface area contributed by atoms with Gasteiger partial charge in [0.2, 0.25) is 0 Å². The van der Waals surface area contributed by atoms with Gasteiger partial charge in [-0.15, -0.1) is 0 Å². The molecule has 1 aromatic carbocycles. The summed E-state index contributed by atoms with van der Waals surface area (Å²) in [7, 11) is 0. The number of benzene rings is 1. The van der Waals surface area contributed by atoms with Crippen LogP contribution in [0.5, 0.6) is 5.75 Å². The molecule has 0 bridgehead atoms. The fraction of sp³-hybridized carbons (Fsp3) is 0.300. The van der Waals surface area contributed by atoms with E-state index >= 15 is 0 Å². The normalized spacial score (nSPS) is 9.94. The van der Waals surface area contributed by atoms with Gasteiger partial charge in [0.15, 0.2) is 10.8 Å². The molecule has 1 aromatic rings. The van der Waals surface area contributed by atoms with Crippen molar-refractivity contribution in [3.63, 3.8) is 0 Å². The van der Waals surface area contributed by atoms with Gasteiger partial charge in [-0.25, -0.2) is 0 Å². The number of halogens is 1. The second-order valence-corrected chi connectivity index (χ2v) is 3.40. The first-order valence-electron chi connectivity index (χ1n) is 4.59. The highest BCUT2D eigenvalue weighted by atomic mass is 35.5. The van der Waals surface area contributed by atoms with E-state index in [4.69, 9.17) is 16.3 Å². The predicted molar refractivity (Wildman–Crippen MR) is 59.3 cm³/mol. The molecule has 0 radical (unpaired) electrons. The Labute approximate surface area is 97.1 Å². The van der Waals surface area contributed by atoms with Crippen LogP contribution in [0.25, 0.3) is 0 Å². The van der Waals surface area contributed by atoms with Crippen LogP contribution in [0.2, 0.25) is 5.02 Å². The molecule has 0 amide bonds. The fourth-order valence-corrected chi connectivity index (χ4v) is 1.56. The smallest absolute Gasteiger partial charge is 0.302 e. The number of hydrogen-bond donors (Lipinski definition) is 0. The average Bonchev–Trinajstić information content (AvgIpc) is 2.20. The lowest BCUT2D eigenvalue weighted by Gasteiger charge is -2.07. The lowest BCUT2D eigenvalue weighted by atomic mass is 10.1. The van der Waals surface area contributed by atoms with Gasteiger partial charge < -0.3 is 4.74 Å². The minimum atomic E-state index is -0.679. The van der Waals surface area contributed by atoms with Gasteiger partial charge >= 0.3 is 5.69 Å². The van der Waals surface area contributed by atoms with E-state index in [0.29, 0.717) is 6.61 Å². The number of hydrogen-bond acceptors (Lipinski definition) is 4. The van der Waals surface area contributed by atoms with Crippen LogP contribution < -0.4 is 4.74 Å². The highest BCUT2D eigenvalue weighted by Crippen LogP contribution is 2.36. The number of nitro groups is 1. The maximum Gasteiger partial charge on any atom is 0.302 e. The van der Waals surface area contributed by atoms with Gasteiger partial charge in [-0.1, -0.05) is 11.6 Å². The second kappa shape index (κ2) is 4.94. The van der Waals surface area contributed by atoms with Crippen LogP contribution in [0.3, 0.4) is 0 Å². The fourth-order valence-electron chi connectivity index (χ4n) is 1.28. The molecule has 0 aliphatic rings. The number of ketones is 1. The molecule has 0 fully saturated rings. The molecule has 0 aromatic heterocycles. The summed E-state index contributed by atoms with van der Waals surface area (Å²) in [4.78, 5) is 21.3. The average molecular weight is 244 g/mol. The Morgan fingerprint density at radius 3 is 2.62 bits per heavy atom. The molecule has 0 aliphatic heterocycles. The van der Waals surface area contributed by atoms with Crippen LogP contribution in [-0.2, 0) is 0 Å². The number of carbonyl (C=O) groups excluding carboxylic acids is 1. The summed E-state index contributed by atoms with van der Waals surface area (Å²) < 4.78 is 5.11.